The lowest BCUT2D eigenvalue weighted by Gasteiger charge is -2.31. The average molecular weight is 337 g/mol. The zero-order valence-corrected chi connectivity index (χ0v) is 14.3. The van der Waals surface area contributed by atoms with Gasteiger partial charge in [0.25, 0.3) is 0 Å². The Morgan fingerprint density at radius 1 is 1.30 bits per heavy atom. The van der Waals surface area contributed by atoms with Gasteiger partial charge in [0.15, 0.2) is 0 Å². The molecule has 3 rings (SSSR count). The summed E-state index contributed by atoms with van der Waals surface area (Å²) in [7, 11) is 0. The van der Waals surface area contributed by atoms with Crippen LogP contribution in [0.15, 0.2) is 24.3 Å². The Morgan fingerprint density at radius 3 is 2.78 bits per heavy atom. The fourth-order valence-electron chi connectivity index (χ4n) is 3.19. The Hall–Kier alpha value is -1.11. The minimum absolute atomic E-state index is 0.00806. The maximum absolute atomic E-state index is 13.6. The monoisotopic (exact) mass is 337 g/mol. The van der Waals surface area contributed by atoms with Gasteiger partial charge in [-0.05, 0) is 24.1 Å². The molecular formula is C17H24FN3OS. The van der Waals surface area contributed by atoms with Crippen LogP contribution in [-0.4, -0.2) is 60.2 Å². The van der Waals surface area contributed by atoms with E-state index in [0.29, 0.717) is 6.54 Å². The third kappa shape index (κ3) is 3.87. The Balaban J connectivity index is 1.71. The number of nitrogens with one attached hydrogen (secondary N) is 1. The van der Waals surface area contributed by atoms with E-state index in [2.05, 4.69) is 10.2 Å². The molecule has 126 valence electrons. The van der Waals surface area contributed by atoms with Crippen LogP contribution in [0.25, 0.3) is 0 Å². The molecule has 1 amide bonds. The molecule has 2 fully saturated rings. The van der Waals surface area contributed by atoms with Crippen molar-refractivity contribution in [1.29, 1.82) is 0 Å². The van der Waals surface area contributed by atoms with Gasteiger partial charge >= 0.3 is 0 Å². The lowest BCUT2D eigenvalue weighted by atomic mass is 10.2. The lowest BCUT2D eigenvalue weighted by Crippen LogP contribution is -2.47. The Bertz CT molecular complexity index is 550. The summed E-state index contributed by atoms with van der Waals surface area (Å²) in [6, 6.07) is 6.65. The topological polar surface area (TPSA) is 35.6 Å². The second kappa shape index (κ2) is 7.64. The van der Waals surface area contributed by atoms with Crippen molar-refractivity contribution in [2.45, 2.75) is 24.0 Å². The van der Waals surface area contributed by atoms with Crippen molar-refractivity contribution in [1.82, 2.24) is 15.1 Å². The minimum atomic E-state index is -0.238. The Kier molecular flexibility index (Phi) is 5.56. The molecule has 0 saturated carbocycles. The van der Waals surface area contributed by atoms with Crippen LogP contribution in [0.5, 0.6) is 0 Å². The molecule has 0 unspecified atom stereocenters. The molecular weight excluding hydrogens is 313 g/mol. The fraction of sp³-hybridized carbons (Fsp3) is 0.588. The summed E-state index contributed by atoms with van der Waals surface area (Å²) in [4.78, 5) is 17.0. The van der Waals surface area contributed by atoms with E-state index in [1.165, 1.54) is 6.07 Å². The Morgan fingerprint density at radius 2 is 2.09 bits per heavy atom. The van der Waals surface area contributed by atoms with Crippen LogP contribution in [0.3, 0.4) is 0 Å². The molecule has 2 saturated heterocycles. The summed E-state index contributed by atoms with van der Waals surface area (Å²) in [5.74, 6) is -0.0422. The zero-order chi connectivity index (χ0) is 16.2. The van der Waals surface area contributed by atoms with Gasteiger partial charge in [-0.15, -0.1) is 11.8 Å². The van der Waals surface area contributed by atoms with E-state index in [9.17, 15) is 9.18 Å². The summed E-state index contributed by atoms with van der Waals surface area (Å²) < 4.78 is 13.6. The maximum atomic E-state index is 13.6. The maximum Gasteiger partial charge on any atom is 0.236 e. The lowest BCUT2D eigenvalue weighted by molar-refractivity contribution is -0.130. The first-order valence-electron chi connectivity index (χ1n) is 8.33. The Labute approximate surface area is 141 Å². The minimum Gasteiger partial charge on any atom is -0.324 e. The molecule has 0 aromatic heterocycles. The number of nitrogens with zero attached hydrogens (tertiary/aromatic N) is 2. The van der Waals surface area contributed by atoms with Crippen LogP contribution >= 0.6 is 11.8 Å². The second-order valence-corrected chi connectivity index (χ2v) is 7.35. The molecule has 2 atom stereocenters. The van der Waals surface area contributed by atoms with Crippen LogP contribution in [0.4, 0.5) is 4.39 Å². The first kappa shape index (κ1) is 16.7. The SMILES string of the molecule is CC[C@@H]1S[C@@H](c2cccc(F)c2)N(CCN2CCNCC2)C1=O. The summed E-state index contributed by atoms with van der Waals surface area (Å²) in [6.07, 6.45) is 0.819. The number of piperazine rings is 1. The van der Waals surface area contributed by atoms with Gasteiger partial charge in [-0.2, -0.15) is 0 Å². The fourth-order valence-corrected chi connectivity index (χ4v) is 4.60. The van der Waals surface area contributed by atoms with Gasteiger partial charge in [-0.3, -0.25) is 9.69 Å². The quantitative estimate of drug-likeness (QED) is 0.892. The van der Waals surface area contributed by atoms with Gasteiger partial charge in [-0.1, -0.05) is 19.1 Å². The molecule has 0 spiro atoms. The first-order valence-corrected chi connectivity index (χ1v) is 9.28. The molecule has 23 heavy (non-hydrogen) atoms. The molecule has 0 aliphatic carbocycles. The highest BCUT2D eigenvalue weighted by Gasteiger charge is 2.39. The van der Waals surface area contributed by atoms with E-state index in [4.69, 9.17) is 0 Å². The van der Waals surface area contributed by atoms with E-state index in [0.717, 1.165) is 44.7 Å². The summed E-state index contributed by atoms with van der Waals surface area (Å²) >= 11 is 1.65. The van der Waals surface area contributed by atoms with Crippen molar-refractivity contribution in [2.75, 3.05) is 39.3 Å². The van der Waals surface area contributed by atoms with E-state index >= 15 is 0 Å². The van der Waals surface area contributed by atoms with Crippen molar-refractivity contribution < 1.29 is 9.18 Å². The van der Waals surface area contributed by atoms with Crippen molar-refractivity contribution in [3.05, 3.63) is 35.6 Å². The van der Waals surface area contributed by atoms with E-state index < -0.39 is 0 Å². The van der Waals surface area contributed by atoms with Gasteiger partial charge in [0.1, 0.15) is 11.2 Å². The van der Waals surface area contributed by atoms with Crippen LogP contribution in [-0.2, 0) is 4.79 Å². The van der Waals surface area contributed by atoms with E-state index in [1.54, 1.807) is 23.9 Å². The van der Waals surface area contributed by atoms with Crippen LogP contribution in [0, 0.1) is 5.82 Å². The molecule has 2 aliphatic rings. The van der Waals surface area contributed by atoms with Crippen molar-refractivity contribution in [3.8, 4) is 0 Å². The number of amides is 1. The van der Waals surface area contributed by atoms with Crippen molar-refractivity contribution in [2.24, 2.45) is 0 Å². The molecule has 6 heteroatoms. The zero-order valence-electron chi connectivity index (χ0n) is 13.5. The standard InChI is InChI=1S/C17H24FN3OS/c1-2-15-16(22)21(11-10-20-8-6-19-7-9-20)17(23-15)13-4-3-5-14(18)12-13/h3-5,12,15,17,19H,2,6-11H2,1H3/t15-,17-/m0/s1. The summed E-state index contributed by atoms with van der Waals surface area (Å²) in [5, 5.41) is 3.27. The number of carbonyl (C=O) groups excluding carboxylic acids is 1. The van der Waals surface area contributed by atoms with Crippen LogP contribution in [0.2, 0.25) is 0 Å². The molecule has 4 nitrogen and oxygen atoms in total. The number of halogens is 1. The predicted octanol–water partition coefficient (Wildman–Crippen LogP) is 2.08. The number of benzene rings is 1. The largest absolute Gasteiger partial charge is 0.324 e. The molecule has 1 aromatic rings. The molecule has 2 aliphatic heterocycles. The normalized spacial score (nSPS) is 26.0. The number of carbonyl (C=O) groups is 1. The number of hydrogen-bond acceptors (Lipinski definition) is 4. The summed E-state index contributed by atoms with van der Waals surface area (Å²) in [5.41, 5.74) is 0.889. The molecule has 0 bridgehead atoms. The second-order valence-electron chi connectivity index (χ2n) is 6.06. The highest BCUT2D eigenvalue weighted by Crippen LogP contribution is 2.44. The van der Waals surface area contributed by atoms with Crippen molar-refractivity contribution >= 4 is 17.7 Å². The van der Waals surface area contributed by atoms with Crippen molar-refractivity contribution in [3.63, 3.8) is 0 Å². The molecule has 0 radical (unpaired) electrons. The van der Waals surface area contributed by atoms with Gasteiger partial charge in [0.2, 0.25) is 5.91 Å². The third-order valence-electron chi connectivity index (χ3n) is 4.51. The van der Waals surface area contributed by atoms with E-state index in [-0.39, 0.29) is 22.3 Å². The number of rotatable bonds is 5. The van der Waals surface area contributed by atoms with E-state index in [1.807, 2.05) is 17.9 Å². The highest BCUT2D eigenvalue weighted by molar-refractivity contribution is 8.01. The van der Waals surface area contributed by atoms with Gasteiger partial charge in [0, 0.05) is 39.3 Å². The summed E-state index contributed by atoms with van der Waals surface area (Å²) in [6.45, 7) is 7.70. The molecule has 1 N–H and O–H groups in total. The van der Waals surface area contributed by atoms with Gasteiger partial charge in [-0.25, -0.2) is 4.39 Å². The number of thioether (sulfide) groups is 1. The van der Waals surface area contributed by atoms with Gasteiger partial charge < -0.3 is 10.2 Å². The molecule has 1 aromatic carbocycles. The van der Waals surface area contributed by atoms with Crippen LogP contribution in [0.1, 0.15) is 24.3 Å². The predicted molar refractivity (Wildman–Crippen MR) is 91.8 cm³/mol. The smallest absolute Gasteiger partial charge is 0.236 e. The highest BCUT2D eigenvalue weighted by atomic mass is 32.2. The van der Waals surface area contributed by atoms with Crippen LogP contribution < -0.4 is 5.32 Å². The number of hydrogen-bond donors (Lipinski definition) is 1. The average Bonchev–Trinajstić information content (AvgIpc) is 2.90. The van der Waals surface area contributed by atoms with Gasteiger partial charge in [0.05, 0.1) is 5.25 Å². The third-order valence-corrected chi connectivity index (χ3v) is 6.15. The first-order chi connectivity index (χ1) is 11.2. The molecule has 2 heterocycles.